The Morgan fingerprint density at radius 3 is 2.39 bits per heavy atom. The minimum atomic E-state index is -0.718. The largest absolute Gasteiger partial charge is 0.503 e. The van der Waals surface area contributed by atoms with Crippen molar-refractivity contribution in [1.82, 2.24) is 9.88 Å². The molecule has 0 saturated carbocycles. The third-order valence-corrected chi connectivity index (χ3v) is 5.10. The fourth-order valence-electron chi connectivity index (χ4n) is 3.50. The number of carbonyl (C=O) groups is 2. The normalized spacial score (nSPS) is 17.4. The zero-order valence-electron chi connectivity index (χ0n) is 17.0. The van der Waals surface area contributed by atoms with Gasteiger partial charge >= 0.3 is 0 Å². The van der Waals surface area contributed by atoms with Crippen LogP contribution in [0.3, 0.4) is 0 Å². The lowest BCUT2D eigenvalue weighted by atomic mass is 9.82. The Morgan fingerprint density at radius 1 is 1.14 bits per heavy atom. The molecule has 0 saturated heterocycles. The molecule has 1 N–H and O–H groups in total. The number of hydrogen-bond donors (Lipinski definition) is 1. The summed E-state index contributed by atoms with van der Waals surface area (Å²) in [5.74, 6) is -1.20. The SMILES string of the molecule is Cc1ccc(C)c(CN2C(=O)C(O)=C(C(=O)C(C)(C)C)C2c2ccncc2)c1. The second-order valence-electron chi connectivity index (χ2n) is 8.39. The molecular formula is C23H26N2O3. The molecule has 1 unspecified atom stereocenters. The van der Waals surface area contributed by atoms with Crippen molar-refractivity contribution in [2.75, 3.05) is 0 Å². The van der Waals surface area contributed by atoms with E-state index in [0.29, 0.717) is 6.54 Å². The standard InChI is InChI=1S/C23H26N2O3/c1-14-6-7-15(2)17(12-14)13-25-19(16-8-10-24-11-9-16)18(20(26)22(25)28)21(27)23(3,4)5/h6-12,19,26H,13H2,1-5H3. The molecular weight excluding hydrogens is 352 g/mol. The van der Waals surface area contributed by atoms with Crippen LogP contribution in [0.1, 0.15) is 49.1 Å². The Bertz CT molecular complexity index is 956. The quantitative estimate of drug-likeness (QED) is 0.865. The van der Waals surface area contributed by atoms with E-state index >= 15 is 0 Å². The van der Waals surface area contributed by atoms with Crippen molar-refractivity contribution in [3.8, 4) is 0 Å². The lowest BCUT2D eigenvalue weighted by molar-refractivity contribution is -0.130. The molecule has 1 aromatic carbocycles. The van der Waals surface area contributed by atoms with Gasteiger partial charge in [-0.05, 0) is 42.7 Å². The molecule has 1 atom stereocenters. The van der Waals surface area contributed by atoms with E-state index in [-0.39, 0.29) is 11.4 Å². The molecule has 0 fully saturated rings. The van der Waals surface area contributed by atoms with Gasteiger partial charge in [0.1, 0.15) is 0 Å². The van der Waals surface area contributed by atoms with E-state index in [2.05, 4.69) is 4.98 Å². The van der Waals surface area contributed by atoms with Gasteiger partial charge in [0.15, 0.2) is 11.5 Å². The van der Waals surface area contributed by atoms with Crippen LogP contribution in [0.25, 0.3) is 0 Å². The summed E-state index contributed by atoms with van der Waals surface area (Å²) in [5.41, 5.74) is 3.34. The summed E-state index contributed by atoms with van der Waals surface area (Å²) in [4.78, 5) is 31.7. The number of rotatable bonds is 4. The number of aliphatic hydroxyl groups is 1. The summed E-state index contributed by atoms with van der Waals surface area (Å²) in [6.45, 7) is 9.67. The van der Waals surface area contributed by atoms with Crippen LogP contribution in [0, 0.1) is 19.3 Å². The van der Waals surface area contributed by atoms with Crippen molar-refractivity contribution in [2.24, 2.45) is 5.41 Å². The van der Waals surface area contributed by atoms with E-state index in [9.17, 15) is 14.7 Å². The van der Waals surface area contributed by atoms with Crippen molar-refractivity contribution in [3.63, 3.8) is 0 Å². The van der Waals surface area contributed by atoms with Crippen molar-refractivity contribution < 1.29 is 14.7 Å². The summed E-state index contributed by atoms with van der Waals surface area (Å²) in [5, 5.41) is 10.6. The highest BCUT2D eigenvalue weighted by atomic mass is 16.3. The number of aliphatic hydroxyl groups excluding tert-OH is 1. The van der Waals surface area contributed by atoms with Crippen molar-refractivity contribution in [3.05, 3.63) is 76.3 Å². The van der Waals surface area contributed by atoms with Crippen LogP contribution in [-0.4, -0.2) is 26.7 Å². The maximum absolute atomic E-state index is 13.1. The number of nitrogens with zero attached hydrogens (tertiary/aromatic N) is 2. The van der Waals surface area contributed by atoms with Gasteiger partial charge in [0.2, 0.25) is 0 Å². The molecule has 3 rings (SSSR count). The van der Waals surface area contributed by atoms with E-state index in [0.717, 1.165) is 22.3 Å². The van der Waals surface area contributed by atoms with E-state index in [1.165, 1.54) is 0 Å². The predicted octanol–water partition coefficient (Wildman–Crippen LogP) is 4.21. The van der Waals surface area contributed by atoms with E-state index in [1.807, 2.05) is 32.0 Å². The highest BCUT2D eigenvalue weighted by Crippen LogP contribution is 2.41. The molecule has 0 radical (unpaired) electrons. The number of benzene rings is 1. The zero-order valence-corrected chi connectivity index (χ0v) is 17.0. The van der Waals surface area contributed by atoms with Gasteiger partial charge in [-0.3, -0.25) is 14.6 Å². The van der Waals surface area contributed by atoms with Crippen LogP contribution in [0.2, 0.25) is 0 Å². The maximum atomic E-state index is 13.1. The lowest BCUT2D eigenvalue weighted by Gasteiger charge is -2.29. The highest BCUT2D eigenvalue weighted by Gasteiger charge is 2.45. The minimum Gasteiger partial charge on any atom is -0.503 e. The summed E-state index contributed by atoms with van der Waals surface area (Å²) in [7, 11) is 0. The second kappa shape index (κ2) is 7.23. The number of amides is 1. The molecule has 2 aromatic rings. The zero-order chi connectivity index (χ0) is 20.6. The topological polar surface area (TPSA) is 70.5 Å². The van der Waals surface area contributed by atoms with Crippen molar-refractivity contribution in [1.29, 1.82) is 0 Å². The molecule has 1 aromatic heterocycles. The first-order valence-electron chi connectivity index (χ1n) is 9.36. The van der Waals surface area contributed by atoms with Crippen LogP contribution in [0.4, 0.5) is 0 Å². The number of aryl methyl sites for hydroxylation is 2. The van der Waals surface area contributed by atoms with E-state index in [4.69, 9.17) is 0 Å². The molecule has 0 spiro atoms. The van der Waals surface area contributed by atoms with Crippen molar-refractivity contribution >= 4 is 11.7 Å². The van der Waals surface area contributed by atoms with Crippen LogP contribution in [0.5, 0.6) is 0 Å². The number of hydrogen-bond acceptors (Lipinski definition) is 4. The van der Waals surface area contributed by atoms with Gasteiger partial charge in [-0.15, -0.1) is 0 Å². The third-order valence-electron chi connectivity index (χ3n) is 5.10. The van der Waals surface area contributed by atoms with Crippen LogP contribution in [-0.2, 0) is 16.1 Å². The Morgan fingerprint density at radius 2 is 1.79 bits per heavy atom. The van der Waals surface area contributed by atoms with Crippen LogP contribution >= 0.6 is 0 Å². The molecule has 5 nitrogen and oxygen atoms in total. The van der Waals surface area contributed by atoms with Crippen LogP contribution in [0.15, 0.2) is 54.1 Å². The molecule has 1 aliphatic rings. The molecule has 1 amide bonds. The summed E-state index contributed by atoms with van der Waals surface area (Å²) in [6, 6.07) is 9.00. The number of carbonyl (C=O) groups excluding carboxylic acids is 2. The predicted molar refractivity (Wildman–Crippen MR) is 108 cm³/mol. The first-order chi connectivity index (χ1) is 13.1. The Balaban J connectivity index is 2.11. The Hall–Kier alpha value is -2.95. The number of Topliss-reactive ketones (excluding diaryl/α,β-unsaturated/α-hetero) is 1. The van der Waals surface area contributed by atoms with Gasteiger partial charge in [0, 0.05) is 24.4 Å². The Labute approximate surface area is 165 Å². The molecule has 1 aliphatic heterocycles. The molecule has 5 heteroatoms. The molecule has 28 heavy (non-hydrogen) atoms. The van der Waals surface area contributed by atoms with Gasteiger partial charge in [-0.25, -0.2) is 0 Å². The van der Waals surface area contributed by atoms with Gasteiger partial charge in [0.25, 0.3) is 5.91 Å². The first kappa shape index (κ1) is 19.8. The maximum Gasteiger partial charge on any atom is 0.290 e. The summed E-state index contributed by atoms with van der Waals surface area (Å²) in [6.07, 6.45) is 3.26. The minimum absolute atomic E-state index is 0.161. The monoisotopic (exact) mass is 378 g/mol. The van der Waals surface area contributed by atoms with Crippen LogP contribution < -0.4 is 0 Å². The fraction of sp³-hybridized carbons (Fsp3) is 0.348. The molecule has 2 heterocycles. The molecule has 0 bridgehead atoms. The number of pyridine rings is 1. The summed E-state index contributed by atoms with van der Waals surface area (Å²) >= 11 is 0. The van der Waals surface area contributed by atoms with Crippen molar-refractivity contribution in [2.45, 2.75) is 47.2 Å². The smallest absolute Gasteiger partial charge is 0.290 e. The number of ketones is 1. The summed E-state index contributed by atoms with van der Waals surface area (Å²) < 4.78 is 0. The molecule has 146 valence electrons. The number of aromatic nitrogens is 1. The average Bonchev–Trinajstić information content (AvgIpc) is 2.89. The highest BCUT2D eigenvalue weighted by molar-refractivity contribution is 6.10. The fourth-order valence-corrected chi connectivity index (χ4v) is 3.50. The van der Waals surface area contributed by atoms with E-state index in [1.54, 1.807) is 50.2 Å². The molecule has 0 aliphatic carbocycles. The lowest BCUT2D eigenvalue weighted by Crippen LogP contribution is -2.32. The average molecular weight is 378 g/mol. The first-order valence-corrected chi connectivity index (χ1v) is 9.36. The van der Waals surface area contributed by atoms with Gasteiger partial charge in [-0.1, -0.05) is 44.5 Å². The van der Waals surface area contributed by atoms with E-state index < -0.39 is 23.1 Å². The second-order valence-corrected chi connectivity index (χ2v) is 8.39. The van der Waals surface area contributed by atoms with Gasteiger partial charge in [-0.2, -0.15) is 0 Å². The Kier molecular flexibility index (Phi) is 5.11. The third kappa shape index (κ3) is 3.57. The van der Waals surface area contributed by atoms with Gasteiger partial charge in [0.05, 0.1) is 11.6 Å². The van der Waals surface area contributed by atoms with Gasteiger partial charge < -0.3 is 10.0 Å².